The normalized spacial score (nSPS) is 20.9. The number of alkyl halides is 1. The van der Waals surface area contributed by atoms with E-state index in [0.717, 1.165) is 25.1 Å². The van der Waals surface area contributed by atoms with Gasteiger partial charge in [0.15, 0.2) is 0 Å². The van der Waals surface area contributed by atoms with Crippen LogP contribution in [0.25, 0.3) is 0 Å². The summed E-state index contributed by atoms with van der Waals surface area (Å²) in [5, 5.41) is 13.3. The van der Waals surface area contributed by atoms with Crippen LogP contribution in [0.3, 0.4) is 0 Å². The Kier molecular flexibility index (Phi) is 2.54. The van der Waals surface area contributed by atoms with Crippen molar-refractivity contribution in [3.05, 3.63) is 17.0 Å². The first-order valence-corrected chi connectivity index (χ1v) is 5.11. The first kappa shape index (κ1) is 9.65. The molecule has 0 amide bonds. The summed E-state index contributed by atoms with van der Waals surface area (Å²) in [6.07, 6.45) is 1.40. The second-order valence-electron chi connectivity index (χ2n) is 3.64. The summed E-state index contributed by atoms with van der Waals surface area (Å²) in [6, 6.07) is 0. The van der Waals surface area contributed by atoms with Gasteiger partial charge in [0.1, 0.15) is 6.17 Å². The van der Waals surface area contributed by atoms with Gasteiger partial charge in [0, 0.05) is 17.8 Å². The van der Waals surface area contributed by atoms with Crippen molar-refractivity contribution in [2.24, 2.45) is 0 Å². The Morgan fingerprint density at radius 1 is 1.64 bits per heavy atom. The summed E-state index contributed by atoms with van der Waals surface area (Å²) in [7, 11) is 0. The average molecular weight is 198 g/mol. The molecule has 1 aromatic rings. The molecule has 0 saturated carbocycles. The van der Waals surface area contributed by atoms with Crippen LogP contribution in [0, 0.1) is 0 Å². The van der Waals surface area contributed by atoms with Crippen LogP contribution < -0.4 is 0 Å². The Balaban J connectivity index is 2.50. The number of aromatic nitrogens is 2. The van der Waals surface area contributed by atoms with Crippen molar-refractivity contribution in [1.82, 2.24) is 9.78 Å². The Morgan fingerprint density at radius 2 is 2.43 bits per heavy atom. The van der Waals surface area contributed by atoms with Gasteiger partial charge in [-0.1, -0.05) is 0 Å². The number of halogens is 1. The van der Waals surface area contributed by atoms with Gasteiger partial charge >= 0.3 is 0 Å². The summed E-state index contributed by atoms with van der Waals surface area (Å²) >= 11 is 0. The smallest absolute Gasteiger partial charge is 0.129 e. The van der Waals surface area contributed by atoms with Gasteiger partial charge in [0.05, 0.1) is 12.3 Å². The molecule has 1 N–H and O–H groups in total. The van der Waals surface area contributed by atoms with Gasteiger partial charge < -0.3 is 5.11 Å². The van der Waals surface area contributed by atoms with Crippen molar-refractivity contribution in [3.63, 3.8) is 0 Å². The van der Waals surface area contributed by atoms with E-state index in [9.17, 15) is 4.39 Å². The van der Waals surface area contributed by atoms with E-state index in [1.165, 1.54) is 0 Å². The van der Waals surface area contributed by atoms with Gasteiger partial charge in [-0.15, -0.1) is 0 Å². The molecular formula is C10H15FN2O. The highest BCUT2D eigenvalue weighted by Crippen LogP contribution is 2.34. The third-order valence-electron chi connectivity index (χ3n) is 2.81. The molecule has 1 aromatic heterocycles. The number of hydrogen-bond donors (Lipinski definition) is 1. The van der Waals surface area contributed by atoms with E-state index in [1.54, 1.807) is 0 Å². The summed E-state index contributed by atoms with van der Waals surface area (Å²) in [5.41, 5.74) is 2.16. The van der Waals surface area contributed by atoms with Gasteiger partial charge in [0.2, 0.25) is 0 Å². The average Bonchev–Trinajstić information content (AvgIpc) is 2.57. The minimum Gasteiger partial charge on any atom is -0.390 e. The largest absolute Gasteiger partial charge is 0.390 e. The molecule has 14 heavy (non-hydrogen) atoms. The second kappa shape index (κ2) is 3.69. The standard InChI is InChI=1S/C10H15FN2O/c1-2-13-9-5-3-4-7(11)10(9)8(6-14)12-13/h7,14H,2-6H2,1H3. The molecule has 3 nitrogen and oxygen atoms in total. The van der Waals surface area contributed by atoms with Crippen LogP contribution in [-0.2, 0) is 19.6 Å². The number of hydrogen-bond acceptors (Lipinski definition) is 2. The number of aryl methyl sites for hydroxylation is 1. The molecule has 0 fully saturated rings. The summed E-state index contributed by atoms with van der Waals surface area (Å²) in [5.74, 6) is 0. The lowest BCUT2D eigenvalue weighted by atomic mass is 9.94. The molecule has 0 radical (unpaired) electrons. The van der Waals surface area contributed by atoms with Gasteiger partial charge in [0.25, 0.3) is 0 Å². The van der Waals surface area contributed by atoms with Gasteiger partial charge in [-0.2, -0.15) is 5.10 Å². The van der Waals surface area contributed by atoms with Crippen LogP contribution in [0.2, 0.25) is 0 Å². The maximum absolute atomic E-state index is 13.6. The van der Waals surface area contributed by atoms with Crippen LogP contribution in [0.15, 0.2) is 0 Å². The fraction of sp³-hybridized carbons (Fsp3) is 0.700. The highest BCUT2D eigenvalue weighted by atomic mass is 19.1. The molecule has 78 valence electrons. The van der Waals surface area contributed by atoms with Gasteiger partial charge in [-0.25, -0.2) is 4.39 Å². The number of fused-ring (bicyclic) bond motifs is 1. The second-order valence-corrected chi connectivity index (χ2v) is 3.64. The zero-order valence-corrected chi connectivity index (χ0v) is 8.33. The number of rotatable bonds is 2. The molecule has 1 aliphatic carbocycles. The van der Waals surface area contributed by atoms with E-state index in [4.69, 9.17) is 5.11 Å². The maximum Gasteiger partial charge on any atom is 0.129 e. The number of aliphatic hydroxyl groups excluding tert-OH is 1. The Labute approximate surface area is 82.5 Å². The molecule has 0 spiro atoms. The third kappa shape index (κ3) is 1.34. The van der Waals surface area contributed by atoms with Crippen LogP contribution >= 0.6 is 0 Å². The first-order valence-electron chi connectivity index (χ1n) is 5.11. The van der Waals surface area contributed by atoms with E-state index in [2.05, 4.69) is 5.10 Å². The molecule has 4 heteroatoms. The van der Waals surface area contributed by atoms with Crippen LogP contribution in [-0.4, -0.2) is 14.9 Å². The number of nitrogens with zero attached hydrogens (tertiary/aromatic N) is 2. The van der Waals surface area contributed by atoms with E-state index < -0.39 is 6.17 Å². The van der Waals surface area contributed by atoms with Crippen LogP contribution in [0.1, 0.15) is 42.9 Å². The quantitative estimate of drug-likeness (QED) is 0.786. The van der Waals surface area contributed by atoms with Crippen LogP contribution in [0.5, 0.6) is 0 Å². The fourth-order valence-corrected chi connectivity index (χ4v) is 2.16. The molecule has 0 saturated heterocycles. The van der Waals surface area contributed by atoms with E-state index in [-0.39, 0.29) is 6.61 Å². The molecule has 0 aromatic carbocycles. The lowest BCUT2D eigenvalue weighted by molar-refractivity contribution is 0.261. The summed E-state index contributed by atoms with van der Waals surface area (Å²) in [4.78, 5) is 0. The Morgan fingerprint density at radius 3 is 3.07 bits per heavy atom. The zero-order chi connectivity index (χ0) is 10.1. The molecule has 1 heterocycles. The van der Waals surface area contributed by atoms with Gasteiger partial charge in [-0.3, -0.25) is 4.68 Å². The lowest BCUT2D eigenvalue weighted by Gasteiger charge is -2.17. The molecule has 1 atom stereocenters. The Hall–Kier alpha value is -0.900. The Bertz CT molecular complexity index is 335. The van der Waals surface area contributed by atoms with Crippen molar-refractivity contribution in [2.45, 2.75) is 45.5 Å². The van der Waals surface area contributed by atoms with Crippen molar-refractivity contribution in [3.8, 4) is 0 Å². The van der Waals surface area contributed by atoms with Gasteiger partial charge in [-0.05, 0) is 26.2 Å². The van der Waals surface area contributed by atoms with Crippen LogP contribution in [0.4, 0.5) is 4.39 Å². The van der Waals surface area contributed by atoms with E-state index in [0.29, 0.717) is 17.7 Å². The monoisotopic (exact) mass is 198 g/mol. The highest BCUT2D eigenvalue weighted by molar-refractivity contribution is 5.30. The number of aliphatic hydroxyl groups is 1. The van der Waals surface area contributed by atoms with Crippen molar-refractivity contribution < 1.29 is 9.50 Å². The molecule has 0 bridgehead atoms. The first-order chi connectivity index (χ1) is 6.77. The molecule has 0 aliphatic heterocycles. The molecule has 2 rings (SSSR count). The lowest BCUT2D eigenvalue weighted by Crippen LogP contribution is -2.10. The predicted molar refractivity (Wildman–Crippen MR) is 50.6 cm³/mol. The summed E-state index contributed by atoms with van der Waals surface area (Å²) in [6.45, 7) is 2.57. The maximum atomic E-state index is 13.6. The van der Waals surface area contributed by atoms with Crippen molar-refractivity contribution >= 4 is 0 Å². The minimum atomic E-state index is -0.929. The molecular weight excluding hydrogens is 183 g/mol. The third-order valence-corrected chi connectivity index (χ3v) is 2.81. The fourth-order valence-electron chi connectivity index (χ4n) is 2.16. The molecule has 1 unspecified atom stereocenters. The minimum absolute atomic E-state index is 0.157. The SMILES string of the molecule is CCn1nc(CO)c2c1CCCC2F. The zero-order valence-electron chi connectivity index (χ0n) is 8.33. The van der Waals surface area contributed by atoms with E-state index >= 15 is 0 Å². The van der Waals surface area contributed by atoms with Crippen molar-refractivity contribution in [2.75, 3.05) is 0 Å². The van der Waals surface area contributed by atoms with E-state index in [1.807, 2.05) is 11.6 Å². The highest BCUT2D eigenvalue weighted by Gasteiger charge is 2.27. The van der Waals surface area contributed by atoms with Crippen molar-refractivity contribution in [1.29, 1.82) is 0 Å². The summed E-state index contributed by atoms with van der Waals surface area (Å²) < 4.78 is 15.4. The topological polar surface area (TPSA) is 38.0 Å². The predicted octanol–water partition coefficient (Wildman–Crippen LogP) is 1.74. The molecule has 1 aliphatic rings.